The summed E-state index contributed by atoms with van der Waals surface area (Å²) in [5.41, 5.74) is 8.26. The Labute approximate surface area is 160 Å². The van der Waals surface area contributed by atoms with Crippen LogP contribution in [0.15, 0.2) is 48.7 Å². The molecule has 0 aliphatic rings. The van der Waals surface area contributed by atoms with Gasteiger partial charge in [0.05, 0.1) is 25.1 Å². The molecule has 0 aliphatic carbocycles. The lowest BCUT2D eigenvalue weighted by Gasteiger charge is -2.28. The molecule has 1 heterocycles. The zero-order chi connectivity index (χ0) is 19.9. The minimum Gasteiger partial charge on any atom is -0.469 e. The van der Waals surface area contributed by atoms with Crippen molar-refractivity contribution in [3.05, 3.63) is 54.2 Å². The van der Waals surface area contributed by atoms with Crippen LogP contribution in [-0.4, -0.2) is 24.0 Å². The standard InChI is InChI=1S/C21H27N3O3/c1-21(2,3)17(13-19(25)27-4)20(26)24-23-14-15-8-10-16(11-9-15)18-7-5-6-12-22-18/h5-12,17,23H,13-14H2,1-4H3,(H,24,26)/t17-/m1/s1. The minimum atomic E-state index is -0.482. The van der Waals surface area contributed by atoms with Gasteiger partial charge in [-0.15, -0.1) is 0 Å². The Hall–Kier alpha value is -2.73. The van der Waals surface area contributed by atoms with Gasteiger partial charge in [-0.3, -0.25) is 20.0 Å². The predicted octanol–water partition coefficient (Wildman–Crippen LogP) is 3.09. The van der Waals surface area contributed by atoms with Crippen LogP contribution < -0.4 is 10.9 Å². The van der Waals surface area contributed by atoms with Crippen molar-refractivity contribution in [3.63, 3.8) is 0 Å². The van der Waals surface area contributed by atoms with E-state index in [1.165, 1.54) is 7.11 Å². The normalized spacial score (nSPS) is 12.3. The van der Waals surface area contributed by atoms with Gasteiger partial charge in [-0.2, -0.15) is 0 Å². The molecule has 6 heteroatoms. The molecule has 1 amide bonds. The molecule has 2 N–H and O–H groups in total. The van der Waals surface area contributed by atoms with Gasteiger partial charge in [0.15, 0.2) is 0 Å². The molecular weight excluding hydrogens is 342 g/mol. The summed E-state index contributed by atoms with van der Waals surface area (Å²) >= 11 is 0. The van der Waals surface area contributed by atoms with E-state index in [1.807, 2.05) is 63.2 Å². The highest BCUT2D eigenvalue weighted by Gasteiger charge is 2.33. The first kappa shape index (κ1) is 20.6. The second-order valence-corrected chi connectivity index (χ2v) is 7.45. The Balaban J connectivity index is 1.90. The Bertz CT molecular complexity index is 752. The smallest absolute Gasteiger partial charge is 0.306 e. The quantitative estimate of drug-likeness (QED) is 0.579. The average Bonchev–Trinajstić information content (AvgIpc) is 2.66. The molecule has 0 radical (unpaired) electrons. The number of ether oxygens (including phenoxy) is 1. The summed E-state index contributed by atoms with van der Waals surface area (Å²) in [6.07, 6.45) is 1.81. The molecule has 0 bridgehead atoms. The lowest BCUT2D eigenvalue weighted by molar-refractivity contribution is -0.146. The molecule has 6 nitrogen and oxygen atoms in total. The van der Waals surface area contributed by atoms with E-state index in [0.717, 1.165) is 16.8 Å². The van der Waals surface area contributed by atoms with E-state index < -0.39 is 11.9 Å². The maximum atomic E-state index is 12.5. The Morgan fingerprint density at radius 3 is 2.37 bits per heavy atom. The first-order chi connectivity index (χ1) is 12.8. The van der Waals surface area contributed by atoms with E-state index in [4.69, 9.17) is 4.74 Å². The van der Waals surface area contributed by atoms with Crippen LogP contribution in [0.5, 0.6) is 0 Å². The number of esters is 1. The number of pyridine rings is 1. The first-order valence-electron chi connectivity index (χ1n) is 8.91. The molecule has 0 unspecified atom stereocenters. The maximum Gasteiger partial charge on any atom is 0.306 e. The van der Waals surface area contributed by atoms with E-state index in [0.29, 0.717) is 6.54 Å². The number of carbonyl (C=O) groups is 2. The summed E-state index contributed by atoms with van der Waals surface area (Å²) < 4.78 is 4.70. The van der Waals surface area contributed by atoms with Crippen molar-refractivity contribution in [2.24, 2.45) is 11.3 Å². The van der Waals surface area contributed by atoms with Crippen LogP contribution in [0.25, 0.3) is 11.3 Å². The van der Waals surface area contributed by atoms with Crippen LogP contribution in [0.2, 0.25) is 0 Å². The van der Waals surface area contributed by atoms with E-state index in [2.05, 4.69) is 15.8 Å². The van der Waals surface area contributed by atoms with Crippen LogP contribution in [0.4, 0.5) is 0 Å². The Morgan fingerprint density at radius 1 is 1.11 bits per heavy atom. The number of methoxy groups -OCH3 is 1. The third kappa shape index (κ3) is 6.18. The van der Waals surface area contributed by atoms with Crippen LogP contribution in [0, 0.1) is 11.3 Å². The number of nitrogens with one attached hydrogen (secondary N) is 2. The molecule has 1 aromatic heterocycles. The average molecular weight is 369 g/mol. The molecule has 0 saturated heterocycles. The topological polar surface area (TPSA) is 80.3 Å². The lowest BCUT2D eigenvalue weighted by atomic mass is 9.78. The minimum absolute atomic E-state index is 0.0479. The third-order valence-electron chi connectivity index (χ3n) is 4.38. The number of amides is 1. The SMILES string of the molecule is COC(=O)C[C@H](C(=O)NNCc1ccc(-c2ccccn2)cc1)C(C)(C)C. The van der Waals surface area contributed by atoms with E-state index >= 15 is 0 Å². The van der Waals surface area contributed by atoms with Crippen LogP contribution in [-0.2, 0) is 20.9 Å². The van der Waals surface area contributed by atoms with Crippen LogP contribution in [0.1, 0.15) is 32.8 Å². The first-order valence-corrected chi connectivity index (χ1v) is 8.91. The molecule has 2 aromatic rings. The van der Waals surface area contributed by atoms with Crippen molar-refractivity contribution in [1.29, 1.82) is 0 Å². The zero-order valence-electron chi connectivity index (χ0n) is 16.3. The summed E-state index contributed by atoms with van der Waals surface area (Å²) in [5.74, 6) is -1.10. The predicted molar refractivity (Wildman–Crippen MR) is 104 cm³/mol. The van der Waals surface area contributed by atoms with Gasteiger partial charge in [-0.25, -0.2) is 5.43 Å². The number of rotatable bonds is 7. The summed E-state index contributed by atoms with van der Waals surface area (Å²) in [6, 6.07) is 13.8. The number of carbonyl (C=O) groups excluding carboxylic acids is 2. The molecular formula is C21H27N3O3. The monoisotopic (exact) mass is 369 g/mol. The fraction of sp³-hybridized carbons (Fsp3) is 0.381. The van der Waals surface area contributed by atoms with Crippen LogP contribution in [0.3, 0.4) is 0 Å². The third-order valence-corrected chi connectivity index (χ3v) is 4.38. The van der Waals surface area contributed by atoms with Gasteiger partial charge in [0.1, 0.15) is 0 Å². The van der Waals surface area contributed by atoms with E-state index in [1.54, 1.807) is 6.20 Å². The Kier molecular flexibility index (Phi) is 7.07. The molecule has 2 rings (SSSR count). The highest BCUT2D eigenvalue weighted by Crippen LogP contribution is 2.29. The van der Waals surface area contributed by atoms with Gasteiger partial charge < -0.3 is 4.74 Å². The fourth-order valence-corrected chi connectivity index (χ4v) is 2.69. The van der Waals surface area contributed by atoms with Gasteiger partial charge >= 0.3 is 5.97 Å². The highest BCUT2D eigenvalue weighted by atomic mass is 16.5. The van der Waals surface area contributed by atoms with Crippen molar-refractivity contribution in [2.45, 2.75) is 33.7 Å². The van der Waals surface area contributed by atoms with Gasteiger partial charge in [0.2, 0.25) is 5.91 Å². The van der Waals surface area contributed by atoms with Gasteiger partial charge in [0.25, 0.3) is 0 Å². The highest BCUT2D eigenvalue weighted by molar-refractivity contribution is 5.84. The number of hydrogen-bond donors (Lipinski definition) is 2. The largest absolute Gasteiger partial charge is 0.469 e. The van der Waals surface area contributed by atoms with Gasteiger partial charge in [-0.05, 0) is 23.1 Å². The van der Waals surface area contributed by atoms with Crippen molar-refractivity contribution in [1.82, 2.24) is 15.8 Å². The van der Waals surface area contributed by atoms with Gasteiger partial charge in [-0.1, -0.05) is 51.1 Å². The number of hydrogen-bond acceptors (Lipinski definition) is 5. The molecule has 27 heavy (non-hydrogen) atoms. The maximum absolute atomic E-state index is 12.5. The fourth-order valence-electron chi connectivity index (χ4n) is 2.69. The molecule has 0 aliphatic heterocycles. The lowest BCUT2D eigenvalue weighted by Crippen LogP contribution is -2.45. The van der Waals surface area contributed by atoms with E-state index in [-0.39, 0.29) is 17.7 Å². The summed E-state index contributed by atoms with van der Waals surface area (Å²) in [4.78, 5) is 28.4. The second kappa shape index (κ2) is 9.28. The van der Waals surface area contributed by atoms with Crippen molar-refractivity contribution in [2.75, 3.05) is 7.11 Å². The van der Waals surface area contributed by atoms with E-state index in [9.17, 15) is 9.59 Å². The molecule has 0 spiro atoms. The number of aromatic nitrogens is 1. The number of nitrogens with zero attached hydrogens (tertiary/aromatic N) is 1. The molecule has 144 valence electrons. The van der Waals surface area contributed by atoms with Crippen molar-refractivity contribution in [3.8, 4) is 11.3 Å². The van der Waals surface area contributed by atoms with Crippen LogP contribution >= 0.6 is 0 Å². The van der Waals surface area contributed by atoms with Crippen molar-refractivity contribution < 1.29 is 14.3 Å². The number of hydrazine groups is 1. The van der Waals surface area contributed by atoms with Crippen molar-refractivity contribution >= 4 is 11.9 Å². The summed E-state index contributed by atoms with van der Waals surface area (Å²) in [5, 5.41) is 0. The molecule has 1 aromatic carbocycles. The zero-order valence-corrected chi connectivity index (χ0v) is 16.3. The Morgan fingerprint density at radius 2 is 1.81 bits per heavy atom. The van der Waals surface area contributed by atoms with Gasteiger partial charge in [0, 0.05) is 18.3 Å². The number of benzene rings is 1. The molecule has 0 saturated carbocycles. The molecule has 0 fully saturated rings. The summed E-state index contributed by atoms with van der Waals surface area (Å²) in [7, 11) is 1.33. The second-order valence-electron chi connectivity index (χ2n) is 7.45. The summed E-state index contributed by atoms with van der Waals surface area (Å²) in [6.45, 7) is 6.26. The molecule has 1 atom stereocenters.